The summed E-state index contributed by atoms with van der Waals surface area (Å²) < 4.78 is 5.95. The molecule has 0 amide bonds. The zero-order valence-corrected chi connectivity index (χ0v) is 22.6. The molecule has 1 radical (unpaired) electrons. The summed E-state index contributed by atoms with van der Waals surface area (Å²) in [4.78, 5) is 2.39. The third-order valence-electron chi connectivity index (χ3n) is 7.57. The fourth-order valence-corrected chi connectivity index (χ4v) is 4.33. The van der Waals surface area contributed by atoms with E-state index in [0.717, 1.165) is 31.2 Å². The van der Waals surface area contributed by atoms with E-state index in [1.54, 1.807) is 13.8 Å². The topological polar surface area (TPSA) is 32.7 Å². The minimum atomic E-state index is -0.915. The Hall–Kier alpha value is -2.82. The predicted octanol–water partition coefficient (Wildman–Crippen LogP) is 7.84. The van der Waals surface area contributed by atoms with Crippen molar-refractivity contribution in [3.8, 4) is 0 Å². The Kier molecular flexibility index (Phi) is 7.77. The molecular formula is C32H39BNO2. The highest BCUT2D eigenvalue weighted by atomic mass is 16.5. The zero-order chi connectivity index (χ0) is 25.9. The molecule has 0 bridgehead atoms. The van der Waals surface area contributed by atoms with E-state index in [4.69, 9.17) is 4.65 Å². The number of aryl methyl sites for hydroxylation is 2. The number of aliphatic hydroxyl groups is 1. The lowest BCUT2D eigenvalue weighted by atomic mass is 9.76. The minimum Gasteiger partial charge on any atom is -0.427 e. The third kappa shape index (κ3) is 6.11. The maximum Gasteiger partial charge on any atom is 0.326 e. The highest BCUT2D eigenvalue weighted by Gasteiger charge is 2.36. The zero-order valence-electron chi connectivity index (χ0n) is 22.6. The van der Waals surface area contributed by atoms with Crippen molar-refractivity contribution < 1.29 is 9.76 Å². The highest BCUT2D eigenvalue weighted by molar-refractivity contribution is 6.38. The second kappa shape index (κ2) is 10.7. The molecular weight excluding hydrogens is 441 g/mol. The summed E-state index contributed by atoms with van der Waals surface area (Å²) in [6.45, 7) is 11.7. The SMILES string of the molecule is Cc1ccc(N(C2=CC=C(C3=CC=C([B]OC(C)(C)C(C)(C)O)CC3)CC2)c2ccc(C)cc2)cc1. The number of allylic oxidation sites excluding steroid dienone is 8. The van der Waals surface area contributed by atoms with Crippen molar-refractivity contribution >= 4 is 18.9 Å². The van der Waals surface area contributed by atoms with E-state index in [2.05, 4.69) is 91.6 Å². The Morgan fingerprint density at radius 2 is 1.19 bits per heavy atom. The van der Waals surface area contributed by atoms with Gasteiger partial charge in [0.25, 0.3) is 0 Å². The molecule has 0 heterocycles. The highest BCUT2D eigenvalue weighted by Crippen LogP contribution is 2.37. The van der Waals surface area contributed by atoms with Crippen LogP contribution in [0.1, 0.15) is 64.5 Å². The average molecular weight is 480 g/mol. The van der Waals surface area contributed by atoms with E-state index in [0.29, 0.717) is 0 Å². The molecule has 0 saturated carbocycles. The van der Waals surface area contributed by atoms with Gasteiger partial charge in [-0.05, 0) is 109 Å². The second-order valence-corrected chi connectivity index (χ2v) is 11.1. The van der Waals surface area contributed by atoms with Crippen molar-refractivity contribution in [2.24, 2.45) is 0 Å². The van der Waals surface area contributed by atoms with Gasteiger partial charge in [-0.3, -0.25) is 0 Å². The largest absolute Gasteiger partial charge is 0.427 e. The molecule has 4 heteroatoms. The standard InChI is InChI=1S/C32H39BNO2/c1-23-7-17-28(18-8-23)34(29-19-9-24(2)10-20-29)30-21-13-26(14-22-30)25-11-15-27(16-12-25)33-36-32(5,6)31(3,4)35/h7-11,13,15,17-21,35H,12,14,16,22H2,1-6H3. The fourth-order valence-electron chi connectivity index (χ4n) is 4.33. The number of hydrogen-bond donors (Lipinski definition) is 1. The van der Waals surface area contributed by atoms with Crippen LogP contribution in [0, 0.1) is 13.8 Å². The molecule has 1 N–H and O–H groups in total. The van der Waals surface area contributed by atoms with Crippen molar-refractivity contribution in [2.45, 2.75) is 78.4 Å². The summed E-state index contributed by atoms with van der Waals surface area (Å²) in [6.07, 6.45) is 13.0. The van der Waals surface area contributed by atoms with Crippen LogP contribution in [0.15, 0.2) is 95.2 Å². The lowest BCUT2D eigenvalue weighted by Gasteiger charge is -2.38. The van der Waals surface area contributed by atoms with E-state index >= 15 is 0 Å². The molecule has 36 heavy (non-hydrogen) atoms. The fraction of sp³-hybridized carbons (Fsp3) is 0.375. The summed E-state index contributed by atoms with van der Waals surface area (Å²) in [5, 5.41) is 10.3. The van der Waals surface area contributed by atoms with Crippen LogP contribution in [-0.2, 0) is 4.65 Å². The predicted molar refractivity (Wildman–Crippen MR) is 153 cm³/mol. The average Bonchev–Trinajstić information content (AvgIpc) is 2.85. The number of anilines is 2. The molecule has 0 atom stereocenters. The normalized spacial score (nSPS) is 16.5. The molecule has 0 spiro atoms. The molecule has 2 aliphatic rings. The van der Waals surface area contributed by atoms with Gasteiger partial charge in [0.1, 0.15) is 0 Å². The molecule has 0 saturated heterocycles. The lowest BCUT2D eigenvalue weighted by Crippen LogP contribution is -2.48. The summed E-state index contributed by atoms with van der Waals surface area (Å²) in [7, 11) is 1.82. The van der Waals surface area contributed by atoms with Gasteiger partial charge in [-0.1, -0.05) is 59.1 Å². The quantitative estimate of drug-likeness (QED) is 0.391. The van der Waals surface area contributed by atoms with Gasteiger partial charge in [-0.15, -0.1) is 0 Å². The smallest absolute Gasteiger partial charge is 0.326 e. The molecule has 0 unspecified atom stereocenters. The first kappa shape index (κ1) is 26.3. The Morgan fingerprint density at radius 3 is 1.61 bits per heavy atom. The van der Waals surface area contributed by atoms with Crippen molar-refractivity contribution in [1.29, 1.82) is 0 Å². The Morgan fingerprint density at radius 1 is 0.694 bits per heavy atom. The number of hydrogen-bond acceptors (Lipinski definition) is 3. The van der Waals surface area contributed by atoms with Crippen molar-refractivity contribution in [3.05, 3.63) is 106 Å². The van der Waals surface area contributed by atoms with Gasteiger partial charge in [0.2, 0.25) is 0 Å². The summed E-state index contributed by atoms with van der Waals surface area (Å²) in [5.41, 5.74) is 8.66. The Balaban J connectivity index is 1.52. The Labute approximate surface area is 218 Å². The van der Waals surface area contributed by atoms with Gasteiger partial charge in [-0.2, -0.15) is 0 Å². The van der Waals surface area contributed by atoms with Crippen LogP contribution in [0.2, 0.25) is 0 Å². The van der Waals surface area contributed by atoms with E-state index < -0.39 is 11.2 Å². The molecule has 2 aliphatic carbocycles. The van der Waals surface area contributed by atoms with E-state index in [1.807, 2.05) is 21.3 Å². The maximum absolute atomic E-state index is 10.3. The van der Waals surface area contributed by atoms with Crippen LogP contribution in [0.4, 0.5) is 11.4 Å². The van der Waals surface area contributed by atoms with Crippen molar-refractivity contribution in [2.75, 3.05) is 4.90 Å². The molecule has 4 rings (SSSR count). The van der Waals surface area contributed by atoms with Gasteiger partial charge in [0.15, 0.2) is 0 Å². The summed E-state index contributed by atoms with van der Waals surface area (Å²) in [5.74, 6) is 0. The molecule has 0 aromatic heterocycles. The lowest BCUT2D eigenvalue weighted by molar-refractivity contribution is -0.0897. The first-order valence-corrected chi connectivity index (χ1v) is 13.0. The molecule has 2 aromatic rings. The van der Waals surface area contributed by atoms with Gasteiger partial charge in [0.05, 0.1) is 11.2 Å². The molecule has 2 aromatic carbocycles. The van der Waals surface area contributed by atoms with Crippen LogP contribution in [-0.4, -0.2) is 23.8 Å². The van der Waals surface area contributed by atoms with Crippen molar-refractivity contribution in [1.82, 2.24) is 0 Å². The van der Waals surface area contributed by atoms with E-state index in [9.17, 15) is 5.11 Å². The molecule has 0 fully saturated rings. The van der Waals surface area contributed by atoms with Gasteiger partial charge < -0.3 is 14.7 Å². The number of benzene rings is 2. The van der Waals surface area contributed by atoms with Crippen LogP contribution in [0.5, 0.6) is 0 Å². The molecule has 3 nitrogen and oxygen atoms in total. The van der Waals surface area contributed by atoms with E-state index in [-0.39, 0.29) is 0 Å². The molecule has 187 valence electrons. The molecule has 0 aliphatic heterocycles. The minimum absolute atomic E-state index is 0.647. The third-order valence-corrected chi connectivity index (χ3v) is 7.57. The summed E-state index contributed by atoms with van der Waals surface area (Å²) >= 11 is 0. The van der Waals surface area contributed by atoms with Crippen LogP contribution >= 0.6 is 0 Å². The number of nitrogens with zero attached hydrogens (tertiary/aromatic N) is 1. The van der Waals surface area contributed by atoms with Gasteiger partial charge in [-0.25, -0.2) is 0 Å². The van der Waals surface area contributed by atoms with Gasteiger partial charge >= 0.3 is 7.48 Å². The van der Waals surface area contributed by atoms with Crippen molar-refractivity contribution in [3.63, 3.8) is 0 Å². The van der Waals surface area contributed by atoms with Crippen LogP contribution in [0.3, 0.4) is 0 Å². The maximum atomic E-state index is 10.3. The second-order valence-electron chi connectivity index (χ2n) is 11.1. The van der Waals surface area contributed by atoms with Crippen LogP contribution < -0.4 is 4.90 Å². The Bertz CT molecular complexity index is 1150. The monoisotopic (exact) mass is 480 g/mol. The number of rotatable bonds is 8. The first-order chi connectivity index (χ1) is 17.0. The summed E-state index contributed by atoms with van der Waals surface area (Å²) in [6, 6.07) is 17.6. The van der Waals surface area contributed by atoms with Gasteiger partial charge in [0, 0.05) is 17.1 Å². The first-order valence-electron chi connectivity index (χ1n) is 13.0. The van der Waals surface area contributed by atoms with Crippen LogP contribution in [0.25, 0.3) is 0 Å². The van der Waals surface area contributed by atoms with E-state index in [1.165, 1.54) is 39.3 Å².